The zero-order chi connectivity index (χ0) is 17.6. The van der Waals surface area contributed by atoms with Crippen molar-refractivity contribution in [1.82, 2.24) is 14.8 Å². The fourth-order valence-electron chi connectivity index (χ4n) is 4.48. The van der Waals surface area contributed by atoms with Gasteiger partial charge in [0.05, 0.1) is 11.7 Å². The largest absolute Gasteiger partial charge is 0.364 e. The molecule has 4 nitrogen and oxygen atoms in total. The molecule has 25 heavy (non-hydrogen) atoms. The highest BCUT2D eigenvalue weighted by atomic mass is 35.5. The number of anilines is 1. The smallest absolute Gasteiger partial charge is 0.132 e. The van der Waals surface area contributed by atoms with Crippen molar-refractivity contribution in [2.24, 2.45) is 5.92 Å². The molecule has 0 saturated carbocycles. The predicted molar refractivity (Wildman–Crippen MR) is 102 cm³/mol. The van der Waals surface area contributed by atoms with Gasteiger partial charge in [0.25, 0.3) is 0 Å². The molecule has 1 aliphatic carbocycles. The van der Waals surface area contributed by atoms with Crippen LogP contribution in [0.2, 0.25) is 5.15 Å². The molecule has 1 fully saturated rings. The number of hydrogen-bond donors (Lipinski definition) is 0. The van der Waals surface area contributed by atoms with E-state index in [0.717, 1.165) is 43.2 Å². The predicted octanol–water partition coefficient (Wildman–Crippen LogP) is 4.73. The maximum Gasteiger partial charge on any atom is 0.132 e. The van der Waals surface area contributed by atoms with Crippen molar-refractivity contribution >= 4 is 17.3 Å². The average molecular weight is 359 g/mol. The maximum absolute atomic E-state index is 6.79. The first-order valence-corrected chi connectivity index (χ1v) is 9.90. The summed E-state index contributed by atoms with van der Waals surface area (Å²) in [5, 5.41) is 5.57. The highest BCUT2D eigenvalue weighted by Gasteiger charge is 2.33. The lowest BCUT2D eigenvalue weighted by Gasteiger charge is -2.29. The van der Waals surface area contributed by atoms with Crippen LogP contribution < -0.4 is 4.90 Å². The van der Waals surface area contributed by atoms with E-state index in [0.29, 0.717) is 12.0 Å². The van der Waals surface area contributed by atoms with Gasteiger partial charge in [-0.05, 0) is 56.6 Å². The Hall–Kier alpha value is -1.55. The minimum Gasteiger partial charge on any atom is -0.364 e. The van der Waals surface area contributed by atoms with E-state index < -0.39 is 0 Å². The summed E-state index contributed by atoms with van der Waals surface area (Å²) in [4.78, 5) is 7.15. The molecular weight excluding hydrogens is 332 g/mol. The van der Waals surface area contributed by atoms with Gasteiger partial charge in [0.2, 0.25) is 0 Å². The lowest BCUT2D eigenvalue weighted by atomic mass is 10.0. The van der Waals surface area contributed by atoms with Gasteiger partial charge in [-0.1, -0.05) is 25.4 Å². The van der Waals surface area contributed by atoms with Gasteiger partial charge in [-0.25, -0.2) is 0 Å². The molecule has 4 rings (SSSR count). The third kappa shape index (κ3) is 2.95. The molecule has 0 spiro atoms. The van der Waals surface area contributed by atoms with Crippen molar-refractivity contribution in [3.63, 3.8) is 0 Å². The van der Waals surface area contributed by atoms with Crippen molar-refractivity contribution in [1.29, 1.82) is 0 Å². The van der Waals surface area contributed by atoms with Crippen molar-refractivity contribution in [3.05, 3.63) is 39.9 Å². The summed E-state index contributed by atoms with van der Waals surface area (Å²) in [5.41, 5.74) is 6.42. The molecule has 0 aromatic carbocycles. The van der Waals surface area contributed by atoms with Crippen molar-refractivity contribution in [2.75, 3.05) is 11.4 Å². The third-order valence-corrected chi connectivity index (χ3v) is 5.90. The highest BCUT2D eigenvalue weighted by molar-refractivity contribution is 6.30. The minimum absolute atomic E-state index is 0.334. The SMILES string of the molecule is Cc1nn(CC(C)C)c(Cl)c1C1CCCN1c1ccnc2c1CCC2. The second kappa shape index (κ2) is 6.64. The fourth-order valence-corrected chi connectivity index (χ4v) is 4.85. The average Bonchev–Trinajstić information content (AvgIpc) is 3.26. The molecule has 1 saturated heterocycles. The molecule has 0 amide bonds. The van der Waals surface area contributed by atoms with Crippen LogP contribution in [0.15, 0.2) is 12.3 Å². The van der Waals surface area contributed by atoms with Crippen LogP contribution in [0, 0.1) is 12.8 Å². The Morgan fingerprint density at radius 1 is 1.28 bits per heavy atom. The molecule has 2 aromatic heterocycles. The summed E-state index contributed by atoms with van der Waals surface area (Å²) in [6, 6.07) is 2.53. The monoisotopic (exact) mass is 358 g/mol. The Morgan fingerprint density at radius 2 is 2.12 bits per heavy atom. The van der Waals surface area contributed by atoms with Gasteiger partial charge >= 0.3 is 0 Å². The quantitative estimate of drug-likeness (QED) is 0.792. The standard InChI is InChI=1S/C20H27ClN4/c1-13(2)12-25-20(21)19(14(3)23-25)18-8-5-11-24(18)17-9-10-22-16-7-4-6-15(16)17/h9-10,13,18H,4-8,11-12H2,1-3H3. The van der Waals surface area contributed by atoms with Crippen LogP contribution in [0.25, 0.3) is 0 Å². The molecule has 5 heteroatoms. The molecule has 1 aliphatic heterocycles. The van der Waals surface area contributed by atoms with Gasteiger partial charge in [-0.3, -0.25) is 9.67 Å². The zero-order valence-electron chi connectivity index (χ0n) is 15.4. The number of aromatic nitrogens is 3. The molecule has 0 bridgehead atoms. The molecule has 0 N–H and O–H groups in total. The van der Waals surface area contributed by atoms with Gasteiger partial charge in [0.15, 0.2) is 0 Å². The maximum atomic E-state index is 6.79. The Labute approximate surface area is 155 Å². The molecule has 0 radical (unpaired) electrons. The second-order valence-electron chi connectivity index (χ2n) is 7.83. The highest BCUT2D eigenvalue weighted by Crippen LogP contribution is 2.43. The first-order valence-electron chi connectivity index (χ1n) is 9.52. The van der Waals surface area contributed by atoms with Gasteiger partial charge < -0.3 is 4.90 Å². The normalized spacial score (nSPS) is 19.9. The van der Waals surface area contributed by atoms with Crippen LogP contribution in [0.5, 0.6) is 0 Å². The number of nitrogens with zero attached hydrogens (tertiary/aromatic N) is 4. The first-order chi connectivity index (χ1) is 12.1. The van der Waals surface area contributed by atoms with E-state index in [1.165, 1.54) is 35.3 Å². The van der Waals surface area contributed by atoms with Crippen LogP contribution >= 0.6 is 11.6 Å². The van der Waals surface area contributed by atoms with Crippen LogP contribution in [-0.2, 0) is 19.4 Å². The van der Waals surface area contributed by atoms with Crippen LogP contribution in [0.1, 0.15) is 61.7 Å². The summed E-state index contributed by atoms with van der Waals surface area (Å²) >= 11 is 6.79. The van der Waals surface area contributed by atoms with E-state index in [4.69, 9.17) is 16.7 Å². The molecular formula is C20H27ClN4. The minimum atomic E-state index is 0.334. The fraction of sp³-hybridized carbons (Fsp3) is 0.600. The summed E-state index contributed by atoms with van der Waals surface area (Å²) in [6.45, 7) is 8.47. The van der Waals surface area contributed by atoms with E-state index in [1.54, 1.807) is 0 Å². The van der Waals surface area contributed by atoms with E-state index in [1.807, 2.05) is 10.9 Å². The number of pyridine rings is 1. The van der Waals surface area contributed by atoms with Gasteiger partial charge in [-0.2, -0.15) is 5.10 Å². The number of hydrogen-bond acceptors (Lipinski definition) is 3. The number of halogens is 1. The van der Waals surface area contributed by atoms with E-state index in [9.17, 15) is 0 Å². The Balaban J connectivity index is 1.72. The lowest BCUT2D eigenvalue weighted by molar-refractivity contribution is 0.481. The lowest BCUT2D eigenvalue weighted by Crippen LogP contribution is -2.24. The van der Waals surface area contributed by atoms with Crippen molar-refractivity contribution in [2.45, 2.75) is 65.5 Å². The van der Waals surface area contributed by atoms with Crippen LogP contribution in [0.3, 0.4) is 0 Å². The number of fused-ring (bicyclic) bond motifs is 1. The summed E-state index contributed by atoms with van der Waals surface area (Å²) in [5.74, 6) is 0.535. The van der Waals surface area contributed by atoms with Crippen molar-refractivity contribution < 1.29 is 0 Å². The third-order valence-electron chi connectivity index (χ3n) is 5.50. The Kier molecular flexibility index (Phi) is 4.48. The molecule has 1 atom stereocenters. The van der Waals surface area contributed by atoms with Gasteiger partial charge in [0.1, 0.15) is 5.15 Å². The summed E-state index contributed by atoms with van der Waals surface area (Å²) in [6.07, 6.45) is 7.82. The first kappa shape index (κ1) is 16.9. The van der Waals surface area contributed by atoms with E-state index in [-0.39, 0.29) is 0 Å². The van der Waals surface area contributed by atoms with Gasteiger partial charge in [0, 0.05) is 36.2 Å². The number of aryl methyl sites for hydroxylation is 2. The summed E-state index contributed by atoms with van der Waals surface area (Å²) in [7, 11) is 0. The van der Waals surface area contributed by atoms with Gasteiger partial charge in [-0.15, -0.1) is 0 Å². The Morgan fingerprint density at radius 3 is 2.92 bits per heavy atom. The second-order valence-corrected chi connectivity index (χ2v) is 8.18. The Bertz CT molecular complexity index is 780. The van der Waals surface area contributed by atoms with E-state index >= 15 is 0 Å². The topological polar surface area (TPSA) is 34.0 Å². The van der Waals surface area contributed by atoms with E-state index in [2.05, 4.69) is 36.7 Å². The number of rotatable bonds is 4. The zero-order valence-corrected chi connectivity index (χ0v) is 16.2. The molecule has 2 aromatic rings. The molecule has 134 valence electrons. The van der Waals surface area contributed by atoms with Crippen LogP contribution in [-0.4, -0.2) is 21.3 Å². The summed E-state index contributed by atoms with van der Waals surface area (Å²) < 4.78 is 1.99. The molecule has 1 unspecified atom stereocenters. The van der Waals surface area contributed by atoms with Crippen LogP contribution in [0.4, 0.5) is 5.69 Å². The van der Waals surface area contributed by atoms with Crippen molar-refractivity contribution in [3.8, 4) is 0 Å². The molecule has 3 heterocycles. The molecule has 2 aliphatic rings.